The van der Waals surface area contributed by atoms with Gasteiger partial charge in [-0.15, -0.1) is 0 Å². The van der Waals surface area contributed by atoms with E-state index in [4.69, 9.17) is 11.6 Å². The Balaban J connectivity index is 1.84. The molecule has 136 valence electrons. The van der Waals surface area contributed by atoms with E-state index in [0.717, 1.165) is 22.3 Å². The Morgan fingerprint density at radius 2 is 2.08 bits per heavy atom. The fourth-order valence-electron chi connectivity index (χ4n) is 2.71. The van der Waals surface area contributed by atoms with Crippen molar-refractivity contribution < 1.29 is 9.90 Å². The molecule has 0 fully saturated rings. The van der Waals surface area contributed by atoms with Gasteiger partial charge in [0.1, 0.15) is 6.54 Å². The third-order valence-electron chi connectivity index (χ3n) is 3.97. The summed E-state index contributed by atoms with van der Waals surface area (Å²) < 4.78 is 1.80. The van der Waals surface area contributed by atoms with Gasteiger partial charge in [-0.2, -0.15) is 0 Å². The molecule has 0 aliphatic carbocycles. The van der Waals surface area contributed by atoms with Crippen LogP contribution in [0.4, 0.5) is 11.6 Å². The number of halogens is 1. The Bertz CT molecular complexity index is 936. The van der Waals surface area contributed by atoms with Gasteiger partial charge in [-0.1, -0.05) is 23.7 Å². The van der Waals surface area contributed by atoms with Crippen molar-refractivity contribution in [2.45, 2.75) is 26.5 Å². The quantitative estimate of drug-likeness (QED) is 0.619. The van der Waals surface area contributed by atoms with Gasteiger partial charge in [-0.05, 0) is 49.7 Å². The summed E-state index contributed by atoms with van der Waals surface area (Å²) in [5, 5.41) is 16.2. The topological polar surface area (TPSA) is 79.2 Å². The average Bonchev–Trinajstić information content (AvgIpc) is 2.93. The molecule has 3 N–H and O–H groups in total. The number of amides is 1. The monoisotopic (exact) mass is 372 g/mol. The van der Waals surface area contributed by atoms with Crippen LogP contribution in [0.1, 0.15) is 12.5 Å². The van der Waals surface area contributed by atoms with E-state index in [1.54, 1.807) is 29.7 Å². The zero-order chi connectivity index (χ0) is 18.7. The third-order valence-corrected chi connectivity index (χ3v) is 4.21. The van der Waals surface area contributed by atoms with Crippen LogP contribution < -0.4 is 10.6 Å². The summed E-state index contributed by atoms with van der Waals surface area (Å²) >= 11 is 5.96. The number of aromatic nitrogens is 2. The lowest BCUT2D eigenvalue weighted by molar-refractivity contribution is -0.116. The molecule has 0 saturated carbocycles. The van der Waals surface area contributed by atoms with E-state index in [2.05, 4.69) is 15.6 Å². The van der Waals surface area contributed by atoms with Gasteiger partial charge < -0.3 is 20.3 Å². The van der Waals surface area contributed by atoms with E-state index in [1.165, 1.54) is 0 Å². The first-order valence-electron chi connectivity index (χ1n) is 8.37. The number of nitrogens with one attached hydrogen (secondary N) is 2. The average molecular weight is 373 g/mol. The molecule has 7 heteroatoms. The molecule has 0 radical (unpaired) electrons. The largest absolute Gasteiger partial charge is 0.392 e. The Hall–Kier alpha value is -2.57. The summed E-state index contributed by atoms with van der Waals surface area (Å²) in [6, 6.07) is 12.9. The number of hydrogen-bond donors (Lipinski definition) is 3. The fourth-order valence-corrected chi connectivity index (χ4v) is 2.94. The van der Waals surface area contributed by atoms with Crippen molar-refractivity contribution in [3.8, 4) is 0 Å². The zero-order valence-corrected chi connectivity index (χ0v) is 15.4. The van der Waals surface area contributed by atoms with E-state index in [9.17, 15) is 9.90 Å². The zero-order valence-electron chi connectivity index (χ0n) is 14.7. The van der Waals surface area contributed by atoms with Crippen LogP contribution in [0.5, 0.6) is 0 Å². The lowest BCUT2D eigenvalue weighted by atomic mass is 10.2. The van der Waals surface area contributed by atoms with E-state index in [0.29, 0.717) is 17.5 Å². The number of aliphatic hydroxyl groups excluding tert-OH is 1. The van der Waals surface area contributed by atoms with E-state index in [1.807, 2.05) is 31.2 Å². The molecule has 1 amide bonds. The molecule has 0 spiro atoms. The predicted molar refractivity (Wildman–Crippen MR) is 105 cm³/mol. The number of rotatable bonds is 6. The molecule has 1 aromatic heterocycles. The minimum Gasteiger partial charge on any atom is -0.392 e. The molecular formula is C19H21ClN4O2. The standard InChI is InChI=1S/C19H21ClN4O2/c1-12-9-14(20)7-8-15(12)22-18(26)11-24-17-6-4-3-5-16(17)23-19(24)21-10-13(2)25/h3-9,13,25H,10-11H2,1-2H3,(H,21,23)(H,22,26). The first-order chi connectivity index (χ1) is 12.4. The van der Waals surface area contributed by atoms with Gasteiger partial charge in [0.05, 0.1) is 17.1 Å². The van der Waals surface area contributed by atoms with Crippen LogP contribution in [-0.2, 0) is 11.3 Å². The number of imidazole rings is 1. The molecule has 2 aromatic carbocycles. The summed E-state index contributed by atoms with van der Waals surface area (Å²) in [4.78, 5) is 17.1. The number of para-hydroxylation sites is 2. The molecule has 0 aliphatic rings. The highest BCUT2D eigenvalue weighted by Gasteiger charge is 2.14. The Kier molecular flexibility index (Phi) is 5.44. The van der Waals surface area contributed by atoms with Crippen molar-refractivity contribution in [3.63, 3.8) is 0 Å². The first-order valence-corrected chi connectivity index (χ1v) is 8.75. The predicted octanol–water partition coefficient (Wildman–Crippen LogP) is 3.43. The van der Waals surface area contributed by atoms with Crippen LogP contribution in [0.15, 0.2) is 42.5 Å². The molecule has 6 nitrogen and oxygen atoms in total. The highest BCUT2D eigenvalue weighted by atomic mass is 35.5. The minimum absolute atomic E-state index is 0.102. The van der Waals surface area contributed by atoms with Crippen molar-refractivity contribution in [2.24, 2.45) is 0 Å². The third kappa shape index (κ3) is 4.15. The summed E-state index contributed by atoms with van der Waals surface area (Å²) in [6.07, 6.45) is -0.520. The van der Waals surface area contributed by atoms with Crippen molar-refractivity contribution in [1.29, 1.82) is 0 Å². The maximum atomic E-state index is 12.6. The van der Waals surface area contributed by atoms with Gasteiger partial charge in [-0.3, -0.25) is 4.79 Å². The highest BCUT2D eigenvalue weighted by molar-refractivity contribution is 6.30. The second kappa shape index (κ2) is 7.76. The van der Waals surface area contributed by atoms with Crippen LogP contribution in [0.2, 0.25) is 5.02 Å². The number of nitrogens with zero attached hydrogens (tertiary/aromatic N) is 2. The summed E-state index contributed by atoms with van der Waals surface area (Å²) in [6.45, 7) is 4.03. The van der Waals surface area contributed by atoms with Crippen molar-refractivity contribution in [2.75, 3.05) is 17.2 Å². The second-order valence-corrected chi connectivity index (χ2v) is 6.68. The summed E-state index contributed by atoms with van der Waals surface area (Å²) in [5.41, 5.74) is 3.26. The molecule has 0 aliphatic heterocycles. The maximum absolute atomic E-state index is 12.6. The van der Waals surface area contributed by atoms with Gasteiger partial charge in [0.15, 0.2) is 0 Å². The Morgan fingerprint density at radius 3 is 2.81 bits per heavy atom. The fraction of sp³-hybridized carbons (Fsp3) is 0.263. The van der Waals surface area contributed by atoms with E-state index >= 15 is 0 Å². The van der Waals surface area contributed by atoms with Gasteiger partial charge in [0, 0.05) is 17.3 Å². The number of aliphatic hydroxyl groups is 1. The van der Waals surface area contributed by atoms with E-state index in [-0.39, 0.29) is 12.5 Å². The number of carbonyl (C=O) groups is 1. The van der Waals surface area contributed by atoms with E-state index < -0.39 is 6.10 Å². The minimum atomic E-state index is -0.520. The van der Waals surface area contributed by atoms with Crippen LogP contribution in [-0.4, -0.2) is 33.2 Å². The number of carbonyl (C=O) groups excluding carboxylic acids is 1. The highest BCUT2D eigenvalue weighted by Crippen LogP contribution is 2.22. The number of benzene rings is 2. The van der Waals surface area contributed by atoms with Crippen LogP contribution in [0.25, 0.3) is 11.0 Å². The SMILES string of the molecule is Cc1cc(Cl)ccc1NC(=O)Cn1c(NCC(C)O)nc2ccccc21. The molecule has 3 rings (SSSR count). The van der Waals surface area contributed by atoms with Gasteiger partial charge in [0.2, 0.25) is 11.9 Å². The van der Waals surface area contributed by atoms with Crippen molar-refractivity contribution >= 4 is 40.2 Å². The summed E-state index contributed by atoms with van der Waals surface area (Å²) in [5.74, 6) is 0.383. The number of anilines is 2. The van der Waals surface area contributed by atoms with Gasteiger partial charge >= 0.3 is 0 Å². The molecule has 0 bridgehead atoms. The van der Waals surface area contributed by atoms with Crippen molar-refractivity contribution in [3.05, 3.63) is 53.1 Å². The molecule has 3 aromatic rings. The number of fused-ring (bicyclic) bond motifs is 1. The molecule has 1 unspecified atom stereocenters. The number of hydrogen-bond acceptors (Lipinski definition) is 4. The van der Waals surface area contributed by atoms with Crippen LogP contribution in [0, 0.1) is 6.92 Å². The first kappa shape index (κ1) is 18.2. The number of aryl methyl sites for hydroxylation is 1. The molecular weight excluding hydrogens is 352 g/mol. The summed E-state index contributed by atoms with van der Waals surface area (Å²) in [7, 11) is 0. The van der Waals surface area contributed by atoms with Crippen molar-refractivity contribution in [1.82, 2.24) is 9.55 Å². The smallest absolute Gasteiger partial charge is 0.244 e. The molecule has 1 heterocycles. The molecule has 1 atom stereocenters. The maximum Gasteiger partial charge on any atom is 0.244 e. The Morgan fingerprint density at radius 1 is 1.31 bits per heavy atom. The van der Waals surface area contributed by atoms with Crippen LogP contribution >= 0.6 is 11.6 Å². The van der Waals surface area contributed by atoms with Gasteiger partial charge in [-0.25, -0.2) is 4.98 Å². The molecule has 0 saturated heterocycles. The van der Waals surface area contributed by atoms with Gasteiger partial charge in [0.25, 0.3) is 0 Å². The molecule has 26 heavy (non-hydrogen) atoms. The second-order valence-electron chi connectivity index (χ2n) is 6.25. The lowest BCUT2D eigenvalue weighted by Crippen LogP contribution is -2.22. The van der Waals surface area contributed by atoms with Crippen LogP contribution in [0.3, 0.4) is 0 Å². The normalized spacial score (nSPS) is 12.2. The lowest BCUT2D eigenvalue weighted by Gasteiger charge is -2.13. The Labute approximate surface area is 156 Å².